The van der Waals surface area contributed by atoms with Gasteiger partial charge in [0.1, 0.15) is 5.75 Å². The van der Waals surface area contributed by atoms with Crippen LogP contribution in [0.4, 0.5) is 5.69 Å². The van der Waals surface area contributed by atoms with Crippen molar-refractivity contribution in [2.24, 2.45) is 0 Å². The van der Waals surface area contributed by atoms with Gasteiger partial charge in [-0.15, -0.1) is 0 Å². The monoisotopic (exact) mass is 368 g/mol. The zero-order valence-corrected chi connectivity index (χ0v) is 14.5. The minimum atomic E-state index is -3.66. The number of ether oxygens (including phenoxy) is 1. The number of rotatable bonds is 7. The number of carbonyl (C=O) groups excluding carboxylic acids is 1. The SMILES string of the molecule is COc1ccc(S(=O)(=O)NCCC(=O)Nc2ccc(Cl)cc2)cc1. The maximum absolute atomic E-state index is 12.1. The van der Waals surface area contributed by atoms with E-state index in [0.29, 0.717) is 16.5 Å². The first-order chi connectivity index (χ1) is 11.4. The predicted octanol–water partition coefficient (Wildman–Crippen LogP) is 2.66. The van der Waals surface area contributed by atoms with Gasteiger partial charge in [-0.2, -0.15) is 0 Å². The maximum atomic E-state index is 12.1. The van der Waals surface area contributed by atoms with Crippen molar-refractivity contribution in [1.29, 1.82) is 0 Å². The number of carbonyl (C=O) groups is 1. The van der Waals surface area contributed by atoms with Crippen LogP contribution in [0.1, 0.15) is 6.42 Å². The lowest BCUT2D eigenvalue weighted by Gasteiger charge is -2.08. The zero-order valence-electron chi connectivity index (χ0n) is 13.0. The molecule has 0 aliphatic carbocycles. The summed E-state index contributed by atoms with van der Waals surface area (Å²) in [5.74, 6) is 0.269. The third-order valence-electron chi connectivity index (χ3n) is 3.14. The van der Waals surface area contributed by atoms with E-state index in [-0.39, 0.29) is 23.8 Å². The summed E-state index contributed by atoms with van der Waals surface area (Å²) in [7, 11) is -2.16. The summed E-state index contributed by atoms with van der Waals surface area (Å²) in [4.78, 5) is 11.9. The van der Waals surface area contributed by atoms with Crippen LogP contribution in [0.15, 0.2) is 53.4 Å². The summed E-state index contributed by atoms with van der Waals surface area (Å²) in [5.41, 5.74) is 0.599. The number of hydrogen-bond acceptors (Lipinski definition) is 4. The fourth-order valence-corrected chi connectivity index (χ4v) is 3.05. The second kappa shape index (κ2) is 8.14. The fraction of sp³-hybridized carbons (Fsp3) is 0.188. The molecular formula is C16H17ClN2O4S. The molecule has 0 bridgehead atoms. The van der Waals surface area contributed by atoms with Gasteiger partial charge in [-0.3, -0.25) is 4.79 Å². The van der Waals surface area contributed by atoms with E-state index in [2.05, 4.69) is 10.0 Å². The van der Waals surface area contributed by atoms with Gasteiger partial charge in [0.15, 0.2) is 0 Å². The van der Waals surface area contributed by atoms with Crippen LogP contribution >= 0.6 is 11.6 Å². The number of nitrogens with one attached hydrogen (secondary N) is 2. The second-order valence-corrected chi connectivity index (χ2v) is 7.08. The van der Waals surface area contributed by atoms with Crippen LogP contribution in [0, 0.1) is 0 Å². The first kappa shape index (κ1) is 18.3. The average Bonchev–Trinajstić information content (AvgIpc) is 2.57. The highest BCUT2D eigenvalue weighted by Gasteiger charge is 2.14. The van der Waals surface area contributed by atoms with Gasteiger partial charge in [0.05, 0.1) is 12.0 Å². The molecule has 2 aromatic carbocycles. The summed E-state index contributed by atoms with van der Waals surface area (Å²) in [6.07, 6.45) is 0.0119. The van der Waals surface area contributed by atoms with E-state index in [4.69, 9.17) is 16.3 Å². The van der Waals surface area contributed by atoms with Gasteiger partial charge in [0.2, 0.25) is 15.9 Å². The number of sulfonamides is 1. The van der Waals surface area contributed by atoms with Gasteiger partial charge < -0.3 is 10.1 Å². The topological polar surface area (TPSA) is 84.5 Å². The van der Waals surface area contributed by atoms with E-state index in [1.165, 1.54) is 19.2 Å². The summed E-state index contributed by atoms with van der Waals surface area (Å²) in [5, 5.41) is 3.23. The van der Waals surface area contributed by atoms with Crippen LogP contribution in [0.2, 0.25) is 5.02 Å². The van der Waals surface area contributed by atoms with E-state index in [0.717, 1.165) is 0 Å². The van der Waals surface area contributed by atoms with Gasteiger partial charge in [0, 0.05) is 23.7 Å². The summed E-state index contributed by atoms with van der Waals surface area (Å²) >= 11 is 5.76. The normalized spacial score (nSPS) is 11.1. The van der Waals surface area contributed by atoms with Gasteiger partial charge in [-0.25, -0.2) is 13.1 Å². The molecule has 0 radical (unpaired) electrons. The Morgan fingerprint density at radius 2 is 1.71 bits per heavy atom. The van der Waals surface area contributed by atoms with E-state index < -0.39 is 10.0 Å². The molecule has 24 heavy (non-hydrogen) atoms. The van der Waals surface area contributed by atoms with Gasteiger partial charge in [0.25, 0.3) is 0 Å². The standard InChI is InChI=1S/C16H17ClN2O4S/c1-23-14-6-8-15(9-7-14)24(21,22)18-11-10-16(20)19-13-4-2-12(17)3-5-13/h2-9,18H,10-11H2,1H3,(H,19,20). The molecular weight excluding hydrogens is 352 g/mol. The lowest BCUT2D eigenvalue weighted by Crippen LogP contribution is -2.27. The van der Waals surface area contributed by atoms with E-state index in [1.54, 1.807) is 36.4 Å². The molecule has 0 aliphatic rings. The third kappa shape index (κ3) is 5.23. The molecule has 0 saturated carbocycles. The Balaban J connectivity index is 1.85. The maximum Gasteiger partial charge on any atom is 0.240 e. The van der Waals surface area contributed by atoms with Crippen molar-refractivity contribution in [3.05, 3.63) is 53.6 Å². The fourth-order valence-electron chi connectivity index (χ4n) is 1.89. The van der Waals surface area contributed by atoms with Crippen LogP contribution in [0.5, 0.6) is 5.75 Å². The summed E-state index contributed by atoms with van der Waals surface area (Å²) in [6.45, 7) is -0.00617. The molecule has 0 atom stereocenters. The number of amides is 1. The lowest BCUT2D eigenvalue weighted by molar-refractivity contribution is -0.116. The van der Waals surface area contributed by atoms with Crippen molar-refractivity contribution in [2.45, 2.75) is 11.3 Å². The second-order valence-electron chi connectivity index (χ2n) is 4.88. The number of benzene rings is 2. The van der Waals surface area contributed by atoms with Crippen molar-refractivity contribution in [1.82, 2.24) is 4.72 Å². The first-order valence-corrected chi connectivity index (χ1v) is 8.96. The van der Waals surface area contributed by atoms with Crippen LogP contribution in [0.3, 0.4) is 0 Å². The molecule has 2 N–H and O–H groups in total. The number of anilines is 1. The molecule has 0 unspecified atom stereocenters. The smallest absolute Gasteiger partial charge is 0.240 e. The minimum Gasteiger partial charge on any atom is -0.497 e. The molecule has 0 aliphatic heterocycles. The molecule has 8 heteroatoms. The highest BCUT2D eigenvalue weighted by Crippen LogP contribution is 2.15. The molecule has 6 nitrogen and oxygen atoms in total. The van der Waals surface area contributed by atoms with Crippen molar-refractivity contribution in [2.75, 3.05) is 19.0 Å². The number of hydrogen-bond donors (Lipinski definition) is 2. The summed E-state index contributed by atoms with van der Waals surface area (Å²) in [6, 6.07) is 12.6. The van der Waals surface area contributed by atoms with Gasteiger partial charge in [-0.05, 0) is 48.5 Å². The Kier molecular flexibility index (Phi) is 6.19. The lowest BCUT2D eigenvalue weighted by atomic mass is 10.3. The molecule has 1 amide bonds. The zero-order chi connectivity index (χ0) is 17.6. The summed E-state index contributed by atoms with van der Waals surface area (Å²) < 4.78 is 31.6. The number of halogens is 1. The Bertz CT molecular complexity index is 790. The van der Waals surface area contributed by atoms with Gasteiger partial charge >= 0.3 is 0 Å². The average molecular weight is 369 g/mol. The first-order valence-electron chi connectivity index (χ1n) is 7.10. The van der Waals surface area contributed by atoms with E-state index in [9.17, 15) is 13.2 Å². The Morgan fingerprint density at radius 3 is 2.29 bits per heavy atom. The van der Waals surface area contributed by atoms with Crippen molar-refractivity contribution >= 4 is 33.2 Å². The molecule has 2 rings (SSSR count). The third-order valence-corrected chi connectivity index (χ3v) is 4.87. The Labute approximate surface area is 145 Å². The largest absolute Gasteiger partial charge is 0.497 e. The van der Waals surface area contributed by atoms with Crippen molar-refractivity contribution in [3.63, 3.8) is 0 Å². The molecule has 2 aromatic rings. The highest BCUT2D eigenvalue weighted by atomic mass is 35.5. The molecule has 0 heterocycles. The Hall–Kier alpha value is -2.09. The molecule has 0 spiro atoms. The Morgan fingerprint density at radius 1 is 1.08 bits per heavy atom. The molecule has 0 saturated heterocycles. The van der Waals surface area contributed by atoms with Crippen LogP contribution in [-0.2, 0) is 14.8 Å². The van der Waals surface area contributed by atoms with E-state index >= 15 is 0 Å². The van der Waals surface area contributed by atoms with Gasteiger partial charge in [-0.1, -0.05) is 11.6 Å². The predicted molar refractivity (Wildman–Crippen MR) is 92.9 cm³/mol. The quantitative estimate of drug-likeness (QED) is 0.786. The molecule has 128 valence electrons. The number of methoxy groups -OCH3 is 1. The van der Waals surface area contributed by atoms with Crippen LogP contribution in [-0.4, -0.2) is 28.0 Å². The van der Waals surface area contributed by atoms with Crippen LogP contribution < -0.4 is 14.8 Å². The van der Waals surface area contributed by atoms with Crippen molar-refractivity contribution < 1.29 is 17.9 Å². The minimum absolute atomic E-state index is 0.00617. The van der Waals surface area contributed by atoms with Crippen LogP contribution in [0.25, 0.3) is 0 Å². The molecule has 0 aromatic heterocycles. The van der Waals surface area contributed by atoms with E-state index in [1.807, 2.05) is 0 Å². The van der Waals surface area contributed by atoms with Crippen molar-refractivity contribution in [3.8, 4) is 5.75 Å². The highest BCUT2D eigenvalue weighted by molar-refractivity contribution is 7.89. The molecule has 0 fully saturated rings.